The zero-order valence-electron chi connectivity index (χ0n) is 15.5. The summed E-state index contributed by atoms with van der Waals surface area (Å²) in [7, 11) is -3.70. The maximum absolute atomic E-state index is 12.4. The lowest BCUT2D eigenvalue weighted by Gasteiger charge is -2.10. The summed E-state index contributed by atoms with van der Waals surface area (Å²) in [5, 5.41) is 9.72. The Morgan fingerprint density at radius 3 is 2.61 bits per heavy atom. The zero-order chi connectivity index (χ0) is 20.0. The first-order chi connectivity index (χ1) is 13.5. The number of aryl methyl sites for hydroxylation is 2. The molecule has 28 heavy (non-hydrogen) atoms. The van der Waals surface area contributed by atoms with E-state index in [9.17, 15) is 13.2 Å². The third-order valence-corrected chi connectivity index (χ3v) is 5.67. The van der Waals surface area contributed by atoms with Crippen molar-refractivity contribution in [3.05, 3.63) is 77.6 Å². The quantitative estimate of drug-likeness (QED) is 0.508. The largest absolute Gasteiger partial charge is 0.352 e. The monoisotopic (exact) mass is 398 g/mol. The highest BCUT2D eigenvalue weighted by atomic mass is 32.2. The van der Waals surface area contributed by atoms with Crippen molar-refractivity contribution in [3.63, 3.8) is 0 Å². The minimum absolute atomic E-state index is 0.166. The lowest BCUT2D eigenvalue weighted by molar-refractivity contribution is 0.0953. The standard InChI is InChI=1S/C20H22N4O3S/c1-15-17(14-22-23-15)8-6-12-21-20(25)16-7-5-9-18(13-16)24-28(26,27)19-10-3-2-4-11-19/h2-5,7,9-11,13-14,24H,6,8,12H2,1H3,(H,21,25)(H,22,23). The lowest BCUT2D eigenvalue weighted by Crippen LogP contribution is -2.25. The molecule has 0 aliphatic heterocycles. The number of nitrogens with one attached hydrogen (secondary N) is 3. The Bertz CT molecular complexity index is 1050. The van der Waals surface area contributed by atoms with E-state index in [1.54, 1.807) is 42.6 Å². The van der Waals surface area contributed by atoms with Crippen molar-refractivity contribution in [2.24, 2.45) is 0 Å². The van der Waals surface area contributed by atoms with E-state index in [4.69, 9.17) is 0 Å². The zero-order valence-corrected chi connectivity index (χ0v) is 16.3. The highest BCUT2D eigenvalue weighted by molar-refractivity contribution is 7.92. The van der Waals surface area contributed by atoms with Crippen molar-refractivity contribution < 1.29 is 13.2 Å². The molecule has 1 heterocycles. The molecule has 0 saturated carbocycles. The predicted molar refractivity (Wildman–Crippen MR) is 108 cm³/mol. The van der Waals surface area contributed by atoms with E-state index in [1.165, 1.54) is 18.2 Å². The summed E-state index contributed by atoms with van der Waals surface area (Å²) < 4.78 is 27.3. The van der Waals surface area contributed by atoms with Crippen LogP contribution in [0.1, 0.15) is 28.0 Å². The van der Waals surface area contributed by atoms with Crippen LogP contribution >= 0.6 is 0 Å². The number of H-pyrrole nitrogens is 1. The molecule has 0 aliphatic rings. The summed E-state index contributed by atoms with van der Waals surface area (Å²) in [5.41, 5.74) is 2.90. The van der Waals surface area contributed by atoms with Crippen LogP contribution < -0.4 is 10.0 Å². The van der Waals surface area contributed by atoms with Crippen LogP contribution in [0.4, 0.5) is 5.69 Å². The Morgan fingerprint density at radius 2 is 1.89 bits per heavy atom. The van der Waals surface area contributed by atoms with Gasteiger partial charge in [-0.1, -0.05) is 24.3 Å². The van der Waals surface area contributed by atoms with E-state index in [1.807, 2.05) is 6.92 Å². The van der Waals surface area contributed by atoms with Gasteiger partial charge in [-0.3, -0.25) is 14.6 Å². The third kappa shape index (κ3) is 4.98. The first kappa shape index (κ1) is 19.6. The van der Waals surface area contributed by atoms with Crippen LogP contribution in [0.5, 0.6) is 0 Å². The number of nitrogens with zero attached hydrogens (tertiary/aromatic N) is 1. The molecular weight excluding hydrogens is 376 g/mol. The Labute approximate surface area is 164 Å². The van der Waals surface area contributed by atoms with Gasteiger partial charge in [-0.05, 0) is 55.7 Å². The number of hydrogen-bond acceptors (Lipinski definition) is 4. The molecule has 2 aromatic carbocycles. The van der Waals surface area contributed by atoms with Crippen LogP contribution in [-0.2, 0) is 16.4 Å². The number of aromatic amines is 1. The number of aromatic nitrogens is 2. The van der Waals surface area contributed by atoms with Gasteiger partial charge in [-0.2, -0.15) is 5.10 Å². The van der Waals surface area contributed by atoms with Gasteiger partial charge in [-0.25, -0.2) is 8.42 Å². The van der Waals surface area contributed by atoms with E-state index >= 15 is 0 Å². The molecule has 0 unspecified atom stereocenters. The van der Waals surface area contributed by atoms with Crippen molar-refractivity contribution in [1.82, 2.24) is 15.5 Å². The molecule has 0 aliphatic carbocycles. The van der Waals surface area contributed by atoms with Crippen LogP contribution in [0.25, 0.3) is 0 Å². The molecule has 3 aromatic rings. The van der Waals surface area contributed by atoms with Crippen LogP contribution in [0.3, 0.4) is 0 Å². The molecule has 1 amide bonds. The van der Waals surface area contributed by atoms with Crippen LogP contribution in [0.15, 0.2) is 65.7 Å². The number of rotatable bonds is 8. The van der Waals surface area contributed by atoms with Crippen molar-refractivity contribution in [2.75, 3.05) is 11.3 Å². The molecule has 0 radical (unpaired) electrons. The summed E-state index contributed by atoms with van der Waals surface area (Å²) >= 11 is 0. The van der Waals surface area contributed by atoms with Gasteiger partial charge in [0, 0.05) is 23.5 Å². The molecule has 1 aromatic heterocycles. The molecule has 0 spiro atoms. The maximum Gasteiger partial charge on any atom is 0.261 e. The number of benzene rings is 2. The predicted octanol–water partition coefficient (Wildman–Crippen LogP) is 2.88. The normalized spacial score (nSPS) is 11.2. The van der Waals surface area contributed by atoms with Crippen molar-refractivity contribution in [3.8, 4) is 0 Å². The first-order valence-electron chi connectivity index (χ1n) is 8.91. The van der Waals surface area contributed by atoms with Gasteiger partial charge >= 0.3 is 0 Å². The number of anilines is 1. The van der Waals surface area contributed by atoms with Crippen molar-refractivity contribution >= 4 is 21.6 Å². The Kier molecular flexibility index (Phi) is 6.10. The number of sulfonamides is 1. The highest BCUT2D eigenvalue weighted by Crippen LogP contribution is 2.17. The second kappa shape index (κ2) is 8.71. The van der Waals surface area contributed by atoms with Crippen LogP contribution in [0.2, 0.25) is 0 Å². The average Bonchev–Trinajstić information content (AvgIpc) is 3.10. The second-order valence-corrected chi connectivity index (χ2v) is 8.06. The van der Waals surface area contributed by atoms with Gasteiger partial charge in [0.25, 0.3) is 15.9 Å². The number of carbonyl (C=O) groups excluding carboxylic acids is 1. The van der Waals surface area contributed by atoms with Crippen LogP contribution in [0, 0.1) is 6.92 Å². The molecule has 8 heteroatoms. The van der Waals surface area contributed by atoms with E-state index in [0.29, 0.717) is 17.8 Å². The Balaban J connectivity index is 1.58. The summed E-state index contributed by atoms with van der Waals surface area (Å²) in [6.45, 7) is 2.48. The molecule has 146 valence electrons. The van der Waals surface area contributed by atoms with Crippen LogP contribution in [-0.4, -0.2) is 31.1 Å². The maximum atomic E-state index is 12.4. The second-order valence-electron chi connectivity index (χ2n) is 6.38. The summed E-state index contributed by atoms with van der Waals surface area (Å²) in [6.07, 6.45) is 3.39. The Hall–Kier alpha value is -3.13. The molecular formula is C20H22N4O3S. The number of carbonyl (C=O) groups is 1. The molecule has 7 nitrogen and oxygen atoms in total. The SMILES string of the molecule is Cc1[nH]ncc1CCCNC(=O)c1cccc(NS(=O)(=O)c2ccccc2)c1. The van der Waals surface area contributed by atoms with E-state index in [-0.39, 0.29) is 10.8 Å². The molecule has 3 rings (SSSR count). The van der Waals surface area contributed by atoms with E-state index in [0.717, 1.165) is 24.1 Å². The van der Waals surface area contributed by atoms with Gasteiger partial charge in [0.05, 0.1) is 11.1 Å². The van der Waals surface area contributed by atoms with Gasteiger partial charge < -0.3 is 5.32 Å². The molecule has 0 saturated heterocycles. The fourth-order valence-corrected chi connectivity index (χ4v) is 3.82. The molecule has 0 atom stereocenters. The number of hydrogen-bond donors (Lipinski definition) is 3. The minimum Gasteiger partial charge on any atom is -0.352 e. The van der Waals surface area contributed by atoms with Gasteiger partial charge in [-0.15, -0.1) is 0 Å². The first-order valence-corrected chi connectivity index (χ1v) is 10.4. The number of amides is 1. The van der Waals surface area contributed by atoms with E-state index < -0.39 is 10.0 Å². The minimum atomic E-state index is -3.70. The fourth-order valence-electron chi connectivity index (χ4n) is 2.75. The smallest absolute Gasteiger partial charge is 0.261 e. The van der Waals surface area contributed by atoms with Crippen molar-refractivity contribution in [2.45, 2.75) is 24.7 Å². The third-order valence-electron chi connectivity index (χ3n) is 4.27. The molecule has 0 bridgehead atoms. The Morgan fingerprint density at radius 1 is 1.11 bits per heavy atom. The summed E-state index contributed by atoms with van der Waals surface area (Å²) in [6, 6.07) is 14.5. The molecule has 3 N–H and O–H groups in total. The average molecular weight is 398 g/mol. The van der Waals surface area contributed by atoms with Gasteiger partial charge in [0.2, 0.25) is 0 Å². The molecule has 0 fully saturated rings. The summed E-state index contributed by atoms with van der Waals surface area (Å²) in [5.74, 6) is -0.246. The van der Waals surface area contributed by atoms with Gasteiger partial charge in [0.15, 0.2) is 0 Å². The highest BCUT2D eigenvalue weighted by Gasteiger charge is 2.14. The summed E-state index contributed by atoms with van der Waals surface area (Å²) in [4.78, 5) is 12.5. The fraction of sp³-hybridized carbons (Fsp3) is 0.200. The van der Waals surface area contributed by atoms with E-state index in [2.05, 4.69) is 20.2 Å². The topological polar surface area (TPSA) is 104 Å². The van der Waals surface area contributed by atoms with Gasteiger partial charge in [0.1, 0.15) is 0 Å². The van der Waals surface area contributed by atoms with Crippen molar-refractivity contribution in [1.29, 1.82) is 0 Å². The lowest BCUT2D eigenvalue weighted by atomic mass is 10.1.